The minimum Gasteiger partial charge on any atom is -0.342 e. The fourth-order valence-corrected chi connectivity index (χ4v) is 1.78. The van der Waals surface area contributed by atoms with Gasteiger partial charge in [0.2, 0.25) is 0 Å². The molecule has 0 aliphatic carbocycles. The first-order chi connectivity index (χ1) is 8.56. The van der Waals surface area contributed by atoms with Crippen molar-refractivity contribution in [3.8, 4) is 0 Å². The van der Waals surface area contributed by atoms with Gasteiger partial charge in [-0.1, -0.05) is 6.42 Å². The molecule has 1 rings (SSSR count). The van der Waals surface area contributed by atoms with Crippen molar-refractivity contribution in [1.29, 1.82) is 0 Å². The number of hydrogen-bond donors (Lipinski definition) is 0. The van der Waals surface area contributed by atoms with Gasteiger partial charge in [-0.25, -0.2) is 8.78 Å². The van der Waals surface area contributed by atoms with E-state index >= 15 is 0 Å². The number of alkyl halides is 1. The summed E-state index contributed by atoms with van der Waals surface area (Å²) in [6, 6.07) is 2.88. The lowest BCUT2D eigenvalue weighted by Gasteiger charge is -2.17. The van der Waals surface area contributed by atoms with Crippen LogP contribution in [-0.4, -0.2) is 30.3 Å². The molecule has 2 nitrogen and oxygen atoms in total. The molecule has 0 aliphatic rings. The summed E-state index contributed by atoms with van der Waals surface area (Å²) < 4.78 is 26.4. The van der Waals surface area contributed by atoms with E-state index in [4.69, 9.17) is 11.6 Å². The van der Waals surface area contributed by atoms with E-state index in [1.807, 2.05) is 0 Å². The lowest BCUT2D eigenvalue weighted by atomic mass is 10.1. The van der Waals surface area contributed by atoms with Crippen LogP contribution in [-0.2, 0) is 0 Å². The monoisotopic (exact) mass is 275 g/mol. The first-order valence-electron chi connectivity index (χ1n) is 5.82. The van der Waals surface area contributed by atoms with Crippen LogP contribution in [0.4, 0.5) is 8.78 Å². The Balaban J connectivity index is 2.60. The van der Waals surface area contributed by atoms with Gasteiger partial charge in [-0.2, -0.15) is 0 Å². The van der Waals surface area contributed by atoms with E-state index in [0.29, 0.717) is 12.4 Å². The molecule has 1 aromatic carbocycles. The molecule has 0 fully saturated rings. The number of unbranched alkanes of at least 4 members (excludes halogenated alkanes) is 2. The van der Waals surface area contributed by atoms with Crippen LogP contribution in [0.3, 0.4) is 0 Å². The van der Waals surface area contributed by atoms with Gasteiger partial charge in [-0.15, -0.1) is 11.6 Å². The van der Waals surface area contributed by atoms with Gasteiger partial charge in [0.1, 0.15) is 11.6 Å². The van der Waals surface area contributed by atoms with Crippen molar-refractivity contribution in [2.24, 2.45) is 0 Å². The molecule has 1 aromatic rings. The Labute approximate surface area is 111 Å². The molecule has 0 radical (unpaired) electrons. The summed E-state index contributed by atoms with van der Waals surface area (Å²) in [6.45, 7) is 0.506. The van der Waals surface area contributed by atoms with Crippen molar-refractivity contribution in [3.05, 3.63) is 35.4 Å². The molecule has 5 heteroatoms. The number of halogens is 3. The third kappa shape index (κ3) is 4.26. The molecule has 0 unspecified atom stereocenters. The highest BCUT2D eigenvalue weighted by atomic mass is 35.5. The van der Waals surface area contributed by atoms with Crippen molar-refractivity contribution in [2.75, 3.05) is 19.5 Å². The zero-order chi connectivity index (χ0) is 13.5. The van der Waals surface area contributed by atoms with Gasteiger partial charge in [0.15, 0.2) is 0 Å². The van der Waals surface area contributed by atoms with Gasteiger partial charge in [0.25, 0.3) is 5.91 Å². The molecule has 0 saturated heterocycles. The standard InChI is InChI=1S/C13H16ClF2NO/c1-17(8-4-2-3-7-14)13(18)11-9-10(15)5-6-12(11)16/h5-6,9H,2-4,7-8H2,1H3. The smallest absolute Gasteiger partial charge is 0.256 e. The minimum absolute atomic E-state index is 0.227. The van der Waals surface area contributed by atoms with Gasteiger partial charge in [-0.3, -0.25) is 4.79 Å². The Morgan fingerprint density at radius 3 is 2.67 bits per heavy atom. The van der Waals surface area contributed by atoms with Crippen LogP contribution < -0.4 is 0 Å². The summed E-state index contributed by atoms with van der Waals surface area (Å²) in [4.78, 5) is 13.3. The van der Waals surface area contributed by atoms with Gasteiger partial charge >= 0.3 is 0 Å². The first kappa shape index (κ1) is 14.9. The summed E-state index contributed by atoms with van der Waals surface area (Å²) in [7, 11) is 1.58. The van der Waals surface area contributed by atoms with Crippen molar-refractivity contribution >= 4 is 17.5 Å². The molecule has 0 aliphatic heterocycles. The largest absolute Gasteiger partial charge is 0.342 e. The number of hydrogen-bond acceptors (Lipinski definition) is 1. The molecule has 0 aromatic heterocycles. The molecule has 18 heavy (non-hydrogen) atoms. The van der Waals surface area contributed by atoms with Crippen LogP contribution in [0.25, 0.3) is 0 Å². The molecule has 0 N–H and O–H groups in total. The van der Waals surface area contributed by atoms with E-state index in [0.717, 1.165) is 37.5 Å². The van der Waals surface area contributed by atoms with Crippen molar-refractivity contribution in [2.45, 2.75) is 19.3 Å². The lowest BCUT2D eigenvalue weighted by Crippen LogP contribution is -2.28. The van der Waals surface area contributed by atoms with E-state index in [1.54, 1.807) is 7.05 Å². The van der Waals surface area contributed by atoms with Crippen LogP contribution >= 0.6 is 11.6 Å². The highest BCUT2D eigenvalue weighted by Crippen LogP contribution is 2.12. The van der Waals surface area contributed by atoms with Crippen LogP contribution in [0.15, 0.2) is 18.2 Å². The number of carbonyl (C=O) groups is 1. The average Bonchev–Trinajstić information content (AvgIpc) is 2.36. The fourth-order valence-electron chi connectivity index (χ4n) is 1.59. The first-order valence-corrected chi connectivity index (χ1v) is 6.36. The molecule has 0 heterocycles. The number of rotatable bonds is 6. The normalized spacial score (nSPS) is 10.4. The SMILES string of the molecule is CN(CCCCCCl)C(=O)c1cc(F)ccc1F. The Hall–Kier alpha value is -1.16. The van der Waals surface area contributed by atoms with Crippen LogP contribution in [0.1, 0.15) is 29.6 Å². The van der Waals surface area contributed by atoms with Crippen molar-refractivity contribution in [1.82, 2.24) is 4.90 Å². The maximum Gasteiger partial charge on any atom is 0.256 e. The van der Waals surface area contributed by atoms with E-state index in [2.05, 4.69) is 0 Å². The molecular formula is C13H16ClF2NO. The summed E-state index contributed by atoms with van der Waals surface area (Å²) in [6.07, 6.45) is 2.59. The Bertz CT molecular complexity index is 412. The third-order valence-corrected chi connectivity index (χ3v) is 2.90. The molecule has 0 spiro atoms. The maximum absolute atomic E-state index is 13.4. The second-order valence-corrected chi connectivity index (χ2v) is 4.48. The number of nitrogens with zero attached hydrogens (tertiary/aromatic N) is 1. The van der Waals surface area contributed by atoms with Crippen LogP contribution in [0.2, 0.25) is 0 Å². The fraction of sp³-hybridized carbons (Fsp3) is 0.462. The number of carbonyl (C=O) groups excluding carboxylic acids is 1. The van der Waals surface area contributed by atoms with E-state index in [9.17, 15) is 13.6 Å². The summed E-state index contributed by atoms with van der Waals surface area (Å²) in [5.74, 6) is -1.22. The van der Waals surface area contributed by atoms with Gasteiger partial charge in [-0.05, 0) is 31.0 Å². The second kappa shape index (κ2) is 7.31. The van der Waals surface area contributed by atoms with Crippen LogP contribution in [0.5, 0.6) is 0 Å². The zero-order valence-electron chi connectivity index (χ0n) is 10.3. The van der Waals surface area contributed by atoms with E-state index in [-0.39, 0.29) is 5.56 Å². The highest BCUT2D eigenvalue weighted by Gasteiger charge is 2.16. The number of benzene rings is 1. The Kier molecular flexibility index (Phi) is 6.05. The summed E-state index contributed by atoms with van der Waals surface area (Å²) in [5, 5.41) is 0. The molecule has 0 saturated carbocycles. The predicted octanol–water partition coefficient (Wildman–Crippen LogP) is 3.45. The van der Waals surface area contributed by atoms with Crippen LogP contribution in [0, 0.1) is 11.6 Å². The molecular weight excluding hydrogens is 260 g/mol. The van der Waals surface area contributed by atoms with Crippen molar-refractivity contribution in [3.63, 3.8) is 0 Å². The molecule has 0 atom stereocenters. The van der Waals surface area contributed by atoms with E-state index in [1.165, 1.54) is 4.90 Å². The number of amides is 1. The molecule has 100 valence electrons. The highest BCUT2D eigenvalue weighted by molar-refractivity contribution is 6.17. The van der Waals surface area contributed by atoms with Gasteiger partial charge in [0.05, 0.1) is 5.56 Å². The summed E-state index contributed by atoms with van der Waals surface area (Å²) >= 11 is 5.54. The summed E-state index contributed by atoms with van der Waals surface area (Å²) in [5.41, 5.74) is -0.227. The van der Waals surface area contributed by atoms with Gasteiger partial charge < -0.3 is 4.90 Å². The van der Waals surface area contributed by atoms with Crippen molar-refractivity contribution < 1.29 is 13.6 Å². The average molecular weight is 276 g/mol. The third-order valence-electron chi connectivity index (χ3n) is 2.63. The Morgan fingerprint density at radius 1 is 1.28 bits per heavy atom. The topological polar surface area (TPSA) is 20.3 Å². The molecule has 1 amide bonds. The zero-order valence-corrected chi connectivity index (χ0v) is 11.0. The van der Waals surface area contributed by atoms with E-state index < -0.39 is 17.5 Å². The minimum atomic E-state index is -0.700. The second-order valence-electron chi connectivity index (χ2n) is 4.10. The molecule has 0 bridgehead atoms. The predicted molar refractivity (Wildman–Crippen MR) is 67.9 cm³/mol. The van der Waals surface area contributed by atoms with Gasteiger partial charge in [0, 0.05) is 19.5 Å². The quantitative estimate of drug-likeness (QED) is 0.575. The maximum atomic E-state index is 13.4. The lowest BCUT2D eigenvalue weighted by molar-refractivity contribution is 0.0787. The Morgan fingerprint density at radius 2 is 2.00 bits per heavy atom.